The van der Waals surface area contributed by atoms with Gasteiger partial charge in [-0.15, -0.1) is 0 Å². The van der Waals surface area contributed by atoms with Crippen LogP contribution in [0.15, 0.2) is 60.7 Å². The lowest BCUT2D eigenvalue weighted by Gasteiger charge is -2.41. The highest BCUT2D eigenvalue weighted by molar-refractivity contribution is 5.72. The molecule has 8 heteroatoms. The molecule has 0 bridgehead atoms. The average Bonchev–Trinajstić information content (AvgIpc) is 2.92. The predicted molar refractivity (Wildman–Crippen MR) is 148 cm³/mol. The second kappa shape index (κ2) is 12.0. The van der Waals surface area contributed by atoms with E-state index in [2.05, 4.69) is 42.8 Å². The molecule has 3 aromatic carbocycles. The second-order valence-corrected chi connectivity index (χ2v) is 10.7. The first-order valence-corrected chi connectivity index (χ1v) is 13.4. The van der Waals surface area contributed by atoms with Crippen molar-refractivity contribution in [2.45, 2.75) is 26.1 Å². The quantitative estimate of drug-likeness (QED) is 0.334. The van der Waals surface area contributed by atoms with Crippen LogP contribution in [0, 0.1) is 19.3 Å². The first-order chi connectivity index (χ1) is 19.4. The van der Waals surface area contributed by atoms with Crippen LogP contribution in [0.25, 0.3) is 11.1 Å². The number of aryl methyl sites for hydroxylation is 2. The lowest BCUT2D eigenvalue weighted by atomic mass is 9.88. The van der Waals surface area contributed by atoms with Crippen LogP contribution < -0.4 is 9.47 Å². The molecule has 0 radical (unpaired) electrons. The molecule has 40 heavy (non-hydrogen) atoms. The van der Waals surface area contributed by atoms with Crippen molar-refractivity contribution < 1.29 is 38.3 Å². The van der Waals surface area contributed by atoms with Gasteiger partial charge in [0.1, 0.15) is 36.9 Å². The second-order valence-electron chi connectivity index (χ2n) is 10.7. The molecule has 5 rings (SSSR count). The summed E-state index contributed by atoms with van der Waals surface area (Å²) in [7, 11) is 1.34. The number of hydrogen-bond donors (Lipinski definition) is 1. The van der Waals surface area contributed by atoms with Crippen LogP contribution in [0.4, 0.5) is 0 Å². The van der Waals surface area contributed by atoms with E-state index in [-0.39, 0.29) is 18.6 Å². The van der Waals surface area contributed by atoms with Gasteiger partial charge in [-0.05, 0) is 77.6 Å². The summed E-state index contributed by atoms with van der Waals surface area (Å²) < 4.78 is 33.3. The maximum absolute atomic E-state index is 11.5. The first kappa shape index (κ1) is 28.1. The van der Waals surface area contributed by atoms with Gasteiger partial charge in [0.25, 0.3) is 0 Å². The molecule has 2 heterocycles. The maximum Gasteiger partial charge on any atom is 0.331 e. The summed E-state index contributed by atoms with van der Waals surface area (Å²) in [6.07, 6.45) is 0. The molecule has 0 saturated carbocycles. The third kappa shape index (κ3) is 6.00. The Kier molecular flexibility index (Phi) is 8.42. The largest absolute Gasteiger partial charge is 0.493 e. The van der Waals surface area contributed by atoms with Crippen molar-refractivity contribution in [1.29, 1.82) is 0 Å². The summed E-state index contributed by atoms with van der Waals surface area (Å²) in [5.74, 6) is 1.11. The van der Waals surface area contributed by atoms with Crippen LogP contribution >= 0.6 is 0 Å². The number of benzene rings is 3. The van der Waals surface area contributed by atoms with Crippen molar-refractivity contribution in [3.05, 3.63) is 82.9 Å². The fourth-order valence-corrected chi connectivity index (χ4v) is 4.82. The summed E-state index contributed by atoms with van der Waals surface area (Å²) >= 11 is 0. The third-order valence-corrected chi connectivity index (χ3v) is 7.64. The molecular weight excluding hydrogens is 512 g/mol. The Labute approximate surface area is 234 Å². The van der Waals surface area contributed by atoms with Gasteiger partial charge in [0.2, 0.25) is 0 Å². The van der Waals surface area contributed by atoms with E-state index in [9.17, 15) is 9.90 Å². The van der Waals surface area contributed by atoms with Crippen LogP contribution in [-0.4, -0.2) is 64.4 Å². The number of rotatable bonds is 12. The Balaban J connectivity index is 1.22. The fourth-order valence-electron chi connectivity index (χ4n) is 4.82. The number of methoxy groups -OCH3 is 1. The maximum atomic E-state index is 11.5. The Bertz CT molecular complexity index is 1320. The molecule has 2 fully saturated rings. The zero-order valence-corrected chi connectivity index (χ0v) is 23.2. The summed E-state index contributed by atoms with van der Waals surface area (Å²) in [6, 6.07) is 20.2. The first-order valence-electron chi connectivity index (χ1n) is 13.4. The van der Waals surface area contributed by atoms with Crippen molar-refractivity contribution >= 4 is 5.97 Å². The third-order valence-electron chi connectivity index (χ3n) is 7.64. The van der Waals surface area contributed by atoms with Gasteiger partial charge in [-0.1, -0.05) is 30.3 Å². The van der Waals surface area contributed by atoms with Crippen LogP contribution in [0.2, 0.25) is 0 Å². The van der Waals surface area contributed by atoms with Crippen molar-refractivity contribution in [3.8, 4) is 22.6 Å². The highest BCUT2D eigenvalue weighted by Gasteiger charge is 2.42. The van der Waals surface area contributed by atoms with Crippen LogP contribution in [0.5, 0.6) is 11.5 Å². The molecule has 0 aliphatic carbocycles. The van der Waals surface area contributed by atoms with E-state index in [0.717, 1.165) is 39.3 Å². The number of aliphatic hydroxyl groups is 1. The van der Waals surface area contributed by atoms with E-state index in [0.29, 0.717) is 39.6 Å². The fraction of sp³-hybridized carbons (Fsp3) is 0.406. The Morgan fingerprint density at radius 3 is 2.17 bits per heavy atom. The molecule has 8 nitrogen and oxygen atoms in total. The van der Waals surface area contributed by atoms with Gasteiger partial charge in [0, 0.05) is 0 Å². The molecule has 0 unspecified atom stereocenters. The van der Waals surface area contributed by atoms with Gasteiger partial charge in [-0.3, -0.25) is 0 Å². The number of esters is 1. The van der Waals surface area contributed by atoms with Crippen LogP contribution in [0.3, 0.4) is 0 Å². The molecule has 3 aromatic rings. The zero-order chi connectivity index (χ0) is 28.2. The van der Waals surface area contributed by atoms with Crippen molar-refractivity contribution in [3.63, 3.8) is 0 Å². The molecule has 1 N–H and O–H groups in total. The number of carbonyl (C=O) groups is 1. The van der Waals surface area contributed by atoms with Gasteiger partial charge in [-0.25, -0.2) is 4.79 Å². The minimum absolute atomic E-state index is 0.0590. The molecule has 0 amide bonds. The summed E-state index contributed by atoms with van der Waals surface area (Å²) in [4.78, 5) is 11.5. The molecule has 2 aliphatic rings. The zero-order valence-electron chi connectivity index (χ0n) is 23.2. The Hall–Kier alpha value is -3.43. The summed E-state index contributed by atoms with van der Waals surface area (Å²) in [5.41, 5.74) is 5.64. The van der Waals surface area contributed by atoms with Gasteiger partial charge >= 0.3 is 5.97 Å². The van der Waals surface area contributed by atoms with E-state index in [1.165, 1.54) is 12.7 Å². The molecular formula is C32H36O8. The smallest absolute Gasteiger partial charge is 0.331 e. The molecule has 0 aromatic heterocycles. The summed E-state index contributed by atoms with van der Waals surface area (Å²) in [6.45, 7) is 6.81. The average molecular weight is 549 g/mol. The van der Waals surface area contributed by atoms with E-state index in [1.807, 2.05) is 36.4 Å². The van der Waals surface area contributed by atoms with Crippen LogP contribution in [-0.2, 0) is 35.9 Å². The van der Waals surface area contributed by atoms with Crippen molar-refractivity contribution in [2.75, 3.05) is 53.4 Å². The highest BCUT2D eigenvalue weighted by atomic mass is 16.6. The van der Waals surface area contributed by atoms with Gasteiger partial charge < -0.3 is 33.5 Å². The SMILES string of the molecule is COC(=O)COC1(c2ccc(OCc3ccc(C)c(-c4ccc(OCC5(CO)COC5)cc4C)c3)cc2)COC1. The monoisotopic (exact) mass is 548 g/mol. The minimum atomic E-state index is -0.636. The number of aliphatic hydroxyl groups excluding tert-OH is 1. The summed E-state index contributed by atoms with van der Waals surface area (Å²) in [5, 5.41) is 9.64. The molecule has 2 saturated heterocycles. The topological polar surface area (TPSA) is 92.7 Å². The standard InChI is InChI=1S/C32H36O8/c1-22-4-5-24(13-29(22)28-11-10-27(12-23(28)2)39-19-31(16-33)17-36-18-31)14-38-26-8-6-25(7-9-26)32(20-37-21-32)40-15-30(34)35-3/h4-13,33H,14-21H2,1-3H3. The number of carbonyl (C=O) groups excluding carboxylic acids is 1. The number of ether oxygens (including phenoxy) is 6. The normalized spacial score (nSPS) is 16.9. The van der Waals surface area contributed by atoms with E-state index >= 15 is 0 Å². The number of hydrogen-bond acceptors (Lipinski definition) is 8. The van der Waals surface area contributed by atoms with Crippen molar-refractivity contribution in [2.24, 2.45) is 5.41 Å². The van der Waals surface area contributed by atoms with Crippen LogP contribution in [0.1, 0.15) is 22.3 Å². The van der Waals surface area contributed by atoms with Gasteiger partial charge in [0.05, 0.1) is 45.6 Å². The Morgan fingerprint density at radius 2 is 1.57 bits per heavy atom. The molecule has 0 atom stereocenters. The Morgan fingerprint density at radius 1 is 0.850 bits per heavy atom. The molecule has 0 spiro atoms. The van der Waals surface area contributed by atoms with Crippen molar-refractivity contribution in [1.82, 2.24) is 0 Å². The van der Waals surface area contributed by atoms with Gasteiger partial charge in [-0.2, -0.15) is 0 Å². The molecule has 212 valence electrons. The highest BCUT2D eigenvalue weighted by Crippen LogP contribution is 2.35. The van der Waals surface area contributed by atoms with Gasteiger partial charge in [0.15, 0.2) is 0 Å². The van der Waals surface area contributed by atoms with E-state index in [4.69, 9.17) is 23.7 Å². The van der Waals surface area contributed by atoms with E-state index < -0.39 is 11.6 Å². The molecule has 2 aliphatic heterocycles. The predicted octanol–water partition coefficient (Wildman–Crippen LogP) is 4.35. The minimum Gasteiger partial charge on any atom is -0.493 e. The lowest BCUT2D eigenvalue weighted by Crippen LogP contribution is -2.49. The lowest BCUT2D eigenvalue weighted by molar-refractivity contribution is -0.220. The van der Waals surface area contributed by atoms with E-state index in [1.54, 1.807) is 0 Å².